The highest BCUT2D eigenvalue weighted by molar-refractivity contribution is 5.82. The Hall–Kier alpha value is -2.53. The SMILES string of the molecule is CN1CCN(c2nccc(-c3cnc4ccccc4c3)n2)CC1. The van der Waals surface area contributed by atoms with Gasteiger partial charge in [0.15, 0.2) is 0 Å². The first-order valence-corrected chi connectivity index (χ1v) is 7.91. The second-order valence-electron chi connectivity index (χ2n) is 5.95. The zero-order chi connectivity index (χ0) is 15.6. The molecule has 4 rings (SSSR count). The molecule has 1 aliphatic heterocycles. The van der Waals surface area contributed by atoms with Crippen LogP contribution in [0.15, 0.2) is 48.8 Å². The lowest BCUT2D eigenvalue weighted by Gasteiger charge is -2.32. The fraction of sp³-hybridized carbons (Fsp3) is 0.278. The summed E-state index contributed by atoms with van der Waals surface area (Å²) in [5.74, 6) is 0.809. The number of nitrogens with zero attached hydrogens (tertiary/aromatic N) is 5. The van der Waals surface area contributed by atoms with Crippen molar-refractivity contribution in [1.29, 1.82) is 0 Å². The van der Waals surface area contributed by atoms with Gasteiger partial charge in [0.2, 0.25) is 5.95 Å². The summed E-state index contributed by atoms with van der Waals surface area (Å²) in [5, 5.41) is 1.13. The van der Waals surface area contributed by atoms with Crippen LogP contribution in [0.25, 0.3) is 22.2 Å². The summed E-state index contributed by atoms with van der Waals surface area (Å²) in [6.45, 7) is 4.03. The molecule has 0 radical (unpaired) electrons. The van der Waals surface area contributed by atoms with Gasteiger partial charge in [0.25, 0.3) is 0 Å². The van der Waals surface area contributed by atoms with Crippen LogP contribution < -0.4 is 4.90 Å². The predicted molar refractivity (Wildman–Crippen MR) is 92.5 cm³/mol. The van der Waals surface area contributed by atoms with E-state index < -0.39 is 0 Å². The van der Waals surface area contributed by atoms with Crippen LogP contribution in [0.1, 0.15) is 0 Å². The molecule has 0 atom stereocenters. The molecule has 0 unspecified atom stereocenters. The molecule has 3 heterocycles. The fourth-order valence-electron chi connectivity index (χ4n) is 2.88. The summed E-state index contributed by atoms with van der Waals surface area (Å²) in [6.07, 6.45) is 3.73. The summed E-state index contributed by atoms with van der Waals surface area (Å²) >= 11 is 0. The monoisotopic (exact) mass is 305 g/mol. The number of likely N-dealkylation sites (N-methyl/N-ethyl adjacent to an activating group) is 1. The number of anilines is 1. The minimum absolute atomic E-state index is 0.809. The highest BCUT2D eigenvalue weighted by Crippen LogP contribution is 2.22. The van der Waals surface area contributed by atoms with Crippen molar-refractivity contribution in [3.05, 3.63) is 48.8 Å². The van der Waals surface area contributed by atoms with Crippen molar-refractivity contribution in [3.63, 3.8) is 0 Å². The number of piperazine rings is 1. The molecule has 5 heteroatoms. The second-order valence-corrected chi connectivity index (χ2v) is 5.95. The van der Waals surface area contributed by atoms with Crippen LogP contribution in [0.4, 0.5) is 5.95 Å². The molecule has 1 aromatic carbocycles. The molecule has 0 amide bonds. The number of fused-ring (bicyclic) bond motifs is 1. The number of para-hydroxylation sites is 1. The number of pyridine rings is 1. The molecule has 0 saturated carbocycles. The molecule has 23 heavy (non-hydrogen) atoms. The second kappa shape index (κ2) is 5.93. The van der Waals surface area contributed by atoms with Crippen molar-refractivity contribution in [2.24, 2.45) is 0 Å². The van der Waals surface area contributed by atoms with E-state index in [1.807, 2.05) is 36.7 Å². The van der Waals surface area contributed by atoms with Crippen molar-refractivity contribution in [2.45, 2.75) is 0 Å². The summed E-state index contributed by atoms with van der Waals surface area (Å²) in [6, 6.07) is 12.2. The van der Waals surface area contributed by atoms with E-state index in [0.29, 0.717) is 0 Å². The molecule has 0 bridgehead atoms. The Bertz CT molecular complexity index is 824. The molecule has 0 N–H and O–H groups in total. The summed E-state index contributed by atoms with van der Waals surface area (Å²) < 4.78 is 0. The lowest BCUT2D eigenvalue weighted by molar-refractivity contribution is 0.311. The minimum Gasteiger partial charge on any atom is -0.338 e. The Morgan fingerprint density at radius 1 is 0.957 bits per heavy atom. The molecular weight excluding hydrogens is 286 g/mol. The molecule has 0 aliphatic carbocycles. The van der Waals surface area contributed by atoms with Gasteiger partial charge in [-0.2, -0.15) is 0 Å². The molecule has 1 aliphatic rings. The summed E-state index contributed by atoms with van der Waals surface area (Å²) in [4.78, 5) is 18.3. The zero-order valence-electron chi connectivity index (χ0n) is 13.2. The van der Waals surface area contributed by atoms with E-state index in [2.05, 4.69) is 38.9 Å². The third kappa shape index (κ3) is 2.87. The Kier molecular flexibility index (Phi) is 3.63. The van der Waals surface area contributed by atoms with E-state index in [-0.39, 0.29) is 0 Å². The van der Waals surface area contributed by atoms with Gasteiger partial charge in [-0.25, -0.2) is 9.97 Å². The highest BCUT2D eigenvalue weighted by atomic mass is 15.3. The van der Waals surface area contributed by atoms with E-state index in [1.54, 1.807) is 0 Å². The van der Waals surface area contributed by atoms with E-state index in [4.69, 9.17) is 4.98 Å². The van der Waals surface area contributed by atoms with Crippen molar-refractivity contribution >= 4 is 16.9 Å². The van der Waals surface area contributed by atoms with Crippen LogP contribution in [-0.4, -0.2) is 53.1 Å². The van der Waals surface area contributed by atoms with E-state index in [0.717, 1.165) is 54.3 Å². The first-order chi connectivity index (χ1) is 11.3. The van der Waals surface area contributed by atoms with Gasteiger partial charge in [0, 0.05) is 49.5 Å². The van der Waals surface area contributed by atoms with E-state index in [1.165, 1.54) is 0 Å². The lowest BCUT2D eigenvalue weighted by Crippen LogP contribution is -2.45. The molecule has 5 nitrogen and oxygen atoms in total. The van der Waals surface area contributed by atoms with E-state index in [9.17, 15) is 0 Å². The van der Waals surface area contributed by atoms with Crippen LogP contribution in [0.5, 0.6) is 0 Å². The normalized spacial score (nSPS) is 16.0. The molecule has 1 fully saturated rings. The topological polar surface area (TPSA) is 45.2 Å². The largest absolute Gasteiger partial charge is 0.338 e. The van der Waals surface area contributed by atoms with Crippen molar-refractivity contribution in [2.75, 3.05) is 38.1 Å². The predicted octanol–water partition coefficient (Wildman–Crippen LogP) is 2.44. The number of aromatic nitrogens is 3. The maximum Gasteiger partial charge on any atom is 0.225 e. The van der Waals surface area contributed by atoms with Crippen LogP contribution >= 0.6 is 0 Å². The van der Waals surface area contributed by atoms with Gasteiger partial charge in [0.05, 0.1) is 11.2 Å². The van der Waals surface area contributed by atoms with Crippen molar-refractivity contribution in [1.82, 2.24) is 19.9 Å². The third-order valence-electron chi connectivity index (χ3n) is 4.32. The highest BCUT2D eigenvalue weighted by Gasteiger charge is 2.16. The van der Waals surface area contributed by atoms with Gasteiger partial charge >= 0.3 is 0 Å². The van der Waals surface area contributed by atoms with Crippen molar-refractivity contribution < 1.29 is 0 Å². The average Bonchev–Trinajstić information content (AvgIpc) is 2.62. The number of hydrogen-bond acceptors (Lipinski definition) is 5. The first-order valence-electron chi connectivity index (χ1n) is 7.91. The van der Waals surface area contributed by atoms with Gasteiger partial charge in [-0.3, -0.25) is 4.98 Å². The lowest BCUT2D eigenvalue weighted by atomic mass is 10.1. The van der Waals surface area contributed by atoms with Crippen LogP contribution in [0.2, 0.25) is 0 Å². The van der Waals surface area contributed by atoms with Gasteiger partial charge in [-0.05, 0) is 25.2 Å². The summed E-state index contributed by atoms with van der Waals surface area (Å²) in [7, 11) is 2.15. The number of rotatable bonds is 2. The molecular formula is C18H19N5. The van der Waals surface area contributed by atoms with Gasteiger partial charge < -0.3 is 9.80 Å². The average molecular weight is 305 g/mol. The maximum atomic E-state index is 4.75. The quantitative estimate of drug-likeness (QED) is 0.727. The van der Waals surface area contributed by atoms with Crippen LogP contribution in [0, 0.1) is 0 Å². The van der Waals surface area contributed by atoms with Crippen LogP contribution in [0.3, 0.4) is 0 Å². The van der Waals surface area contributed by atoms with Crippen LogP contribution in [-0.2, 0) is 0 Å². The fourth-order valence-corrected chi connectivity index (χ4v) is 2.88. The first kappa shape index (κ1) is 14.1. The van der Waals surface area contributed by atoms with Crippen molar-refractivity contribution in [3.8, 4) is 11.3 Å². The third-order valence-corrected chi connectivity index (χ3v) is 4.32. The van der Waals surface area contributed by atoms with Gasteiger partial charge in [0.1, 0.15) is 0 Å². The van der Waals surface area contributed by atoms with E-state index >= 15 is 0 Å². The Morgan fingerprint density at radius 3 is 2.65 bits per heavy atom. The maximum absolute atomic E-state index is 4.75. The van der Waals surface area contributed by atoms with Gasteiger partial charge in [-0.1, -0.05) is 18.2 Å². The standard InChI is InChI=1S/C18H19N5/c1-22-8-10-23(11-9-22)18-19-7-6-17(21-18)15-12-14-4-2-3-5-16(14)20-13-15/h2-7,12-13H,8-11H2,1H3. The Morgan fingerprint density at radius 2 is 1.78 bits per heavy atom. The Balaban J connectivity index is 1.67. The molecule has 0 spiro atoms. The molecule has 1 saturated heterocycles. The molecule has 116 valence electrons. The smallest absolute Gasteiger partial charge is 0.225 e. The molecule has 3 aromatic rings. The number of hydrogen-bond donors (Lipinski definition) is 0. The Labute approximate surface area is 135 Å². The summed E-state index contributed by atoms with van der Waals surface area (Å²) in [5.41, 5.74) is 2.96. The number of benzene rings is 1. The minimum atomic E-state index is 0.809. The molecule has 2 aromatic heterocycles. The van der Waals surface area contributed by atoms with Gasteiger partial charge in [-0.15, -0.1) is 0 Å². The zero-order valence-corrected chi connectivity index (χ0v) is 13.2.